The number of rotatable bonds is 8. The smallest absolute Gasteiger partial charge is 0.239 e. The van der Waals surface area contributed by atoms with E-state index in [1.807, 2.05) is 62.6 Å². The highest BCUT2D eigenvalue weighted by atomic mass is 32.2. The Morgan fingerprint density at radius 3 is 2.53 bits per heavy atom. The Morgan fingerprint density at radius 1 is 1.17 bits per heavy atom. The van der Waals surface area contributed by atoms with Crippen LogP contribution in [0.3, 0.4) is 0 Å². The Balaban J connectivity index is 1.62. The Labute approximate surface area is 183 Å². The number of amides is 2. The first kappa shape index (κ1) is 22.0. The number of nitrogens with one attached hydrogen (secondary N) is 2. The van der Waals surface area contributed by atoms with E-state index in [4.69, 9.17) is 0 Å². The molecule has 0 radical (unpaired) electrons. The van der Waals surface area contributed by atoms with E-state index in [0.29, 0.717) is 22.7 Å². The van der Waals surface area contributed by atoms with Gasteiger partial charge in [0.2, 0.25) is 11.8 Å². The average Bonchev–Trinajstić information content (AvgIpc) is 3.23. The Morgan fingerprint density at radius 2 is 1.90 bits per heavy atom. The average molecular weight is 445 g/mol. The van der Waals surface area contributed by atoms with Crippen molar-refractivity contribution in [2.75, 3.05) is 10.6 Å². The molecule has 0 bridgehead atoms. The third-order valence-corrected chi connectivity index (χ3v) is 6.46. The first-order valence-electron chi connectivity index (χ1n) is 9.56. The van der Waals surface area contributed by atoms with E-state index in [9.17, 15) is 9.59 Å². The van der Waals surface area contributed by atoms with Crippen molar-refractivity contribution in [2.45, 2.75) is 51.1 Å². The number of carbonyl (C=O) groups excluding carboxylic acids is 2. The lowest BCUT2D eigenvalue weighted by Crippen LogP contribution is -2.23. The van der Waals surface area contributed by atoms with Crippen molar-refractivity contribution in [1.29, 1.82) is 0 Å². The van der Waals surface area contributed by atoms with Gasteiger partial charge in [0.15, 0.2) is 10.3 Å². The lowest BCUT2D eigenvalue weighted by Gasteiger charge is -2.11. The maximum atomic E-state index is 12.5. The zero-order valence-corrected chi connectivity index (χ0v) is 18.9. The van der Waals surface area contributed by atoms with Crippen molar-refractivity contribution < 1.29 is 9.59 Å². The van der Waals surface area contributed by atoms with Crippen LogP contribution in [0.2, 0.25) is 0 Å². The van der Waals surface area contributed by atoms with E-state index in [0.717, 1.165) is 16.3 Å². The second-order valence-corrected chi connectivity index (χ2v) is 9.16. The first-order valence-corrected chi connectivity index (χ1v) is 11.3. The number of para-hydroxylation sites is 1. The van der Waals surface area contributed by atoms with Gasteiger partial charge in [-0.05, 0) is 39.8 Å². The van der Waals surface area contributed by atoms with Gasteiger partial charge in [0.1, 0.15) is 5.82 Å². The molecule has 0 fully saturated rings. The third-order valence-electron chi connectivity index (χ3n) is 4.40. The number of aromatic nitrogens is 4. The monoisotopic (exact) mass is 444 g/mol. The molecule has 0 aliphatic rings. The zero-order valence-electron chi connectivity index (χ0n) is 17.3. The van der Waals surface area contributed by atoms with Crippen LogP contribution in [0.5, 0.6) is 0 Å². The van der Waals surface area contributed by atoms with E-state index < -0.39 is 5.25 Å². The molecule has 30 heavy (non-hydrogen) atoms. The molecule has 2 aromatic heterocycles. The van der Waals surface area contributed by atoms with Crippen LogP contribution in [0.1, 0.15) is 30.2 Å². The highest BCUT2D eigenvalue weighted by Gasteiger charge is 2.21. The molecular weight excluding hydrogens is 420 g/mol. The molecule has 158 valence electrons. The van der Waals surface area contributed by atoms with E-state index in [2.05, 4.69) is 25.8 Å². The van der Waals surface area contributed by atoms with Crippen LogP contribution in [0, 0.1) is 13.8 Å². The van der Waals surface area contributed by atoms with Gasteiger partial charge in [-0.3, -0.25) is 9.59 Å². The minimum atomic E-state index is -0.394. The lowest BCUT2D eigenvalue weighted by atomic mass is 10.3. The number of carbonyl (C=O) groups is 2. The summed E-state index contributed by atoms with van der Waals surface area (Å²) >= 11 is 2.76. The molecular formula is C20H24N6O2S2. The number of aryl methyl sites for hydroxylation is 2. The molecule has 2 amide bonds. The molecule has 0 aliphatic carbocycles. The van der Waals surface area contributed by atoms with Crippen LogP contribution >= 0.6 is 23.1 Å². The fourth-order valence-electron chi connectivity index (χ4n) is 2.67. The third kappa shape index (κ3) is 5.45. The van der Waals surface area contributed by atoms with Crippen LogP contribution in [0.25, 0.3) is 0 Å². The topological polar surface area (TPSA) is 102 Å². The summed E-state index contributed by atoms with van der Waals surface area (Å²) in [6.45, 7) is 8.25. The predicted molar refractivity (Wildman–Crippen MR) is 120 cm³/mol. The van der Waals surface area contributed by atoms with Gasteiger partial charge in [-0.2, -0.15) is 0 Å². The fraction of sp³-hybridized carbons (Fsp3) is 0.350. The van der Waals surface area contributed by atoms with Crippen LogP contribution in [0.4, 0.5) is 10.8 Å². The van der Waals surface area contributed by atoms with Crippen molar-refractivity contribution in [3.8, 4) is 0 Å². The van der Waals surface area contributed by atoms with Crippen molar-refractivity contribution in [3.05, 3.63) is 46.7 Å². The molecule has 0 aliphatic heterocycles. The van der Waals surface area contributed by atoms with Crippen molar-refractivity contribution >= 4 is 45.7 Å². The second kappa shape index (κ2) is 9.86. The minimum Gasteiger partial charge on any atom is -0.326 e. The minimum absolute atomic E-state index is 0.106. The number of thiazole rings is 1. The van der Waals surface area contributed by atoms with Gasteiger partial charge < -0.3 is 15.2 Å². The number of hydrogen-bond donors (Lipinski definition) is 2. The summed E-state index contributed by atoms with van der Waals surface area (Å²) in [6.07, 6.45) is 0.106. The molecule has 2 N–H and O–H groups in total. The number of nitrogens with zero attached hydrogens (tertiary/aromatic N) is 4. The molecule has 2 heterocycles. The molecule has 1 aromatic carbocycles. The molecule has 0 saturated heterocycles. The first-order chi connectivity index (χ1) is 14.4. The molecule has 10 heteroatoms. The fourth-order valence-corrected chi connectivity index (χ4v) is 4.42. The quantitative estimate of drug-likeness (QED) is 0.514. The highest BCUT2D eigenvalue weighted by molar-refractivity contribution is 8.00. The summed E-state index contributed by atoms with van der Waals surface area (Å²) < 4.78 is 1.86. The van der Waals surface area contributed by atoms with Crippen LogP contribution in [-0.4, -0.2) is 36.8 Å². The molecule has 3 aromatic rings. The van der Waals surface area contributed by atoms with Crippen molar-refractivity contribution in [3.63, 3.8) is 0 Å². The van der Waals surface area contributed by atoms with Gasteiger partial charge >= 0.3 is 0 Å². The summed E-state index contributed by atoms with van der Waals surface area (Å²) in [5, 5.41) is 14.9. The van der Waals surface area contributed by atoms with E-state index >= 15 is 0 Å². The molecule has 0 unspecified atom stereocenters. The molecule has 0 spiro atoms. The van der Waals surface area contributed by atoms with Gasteiger partial charge in [0, 0.05) is 17.1 Å². The standard InChI is InChI=1S/C20H24N6O2S2/c1-5-26-16(11-17(27)22-15-9-7-6-8-10-15)24-25-20(26)30-14(4)18(28)23-19-21-12(2)13(3)29-19/h6-10,14H,5,11H2,1-4H3,(H,22,27)(H,21,23,28)/t14-/m0/s1. The Hall–Kier alpha value is -2.72. The van der Waals surface area contributed by atoms with Gasteiger partial charge in [-0.15, -0.1) is 21.5 Å². The van der Waals surface area contributed by atoms with E-state index in [1.165, 1.54) is 23.1 Å². The number of thioether (sulfide) groups is 1. The van der Waals surface area contributed by atoms with Gasteiger partial charge in [-0.25, -0.2) is 4.98 Å². The zero-order chi connectivity index (χ0) is 21.7. The molecule has 8 nitrogen and oxygen atoms in total. The van der Waals surface area contributed by atoms with Crippen molar-refractivity contribution in [1.82, 2.24) is 19.7 Å². The SMILES string of the molecule is CCn1c(CC(=O)Nc2ccccc2)nnc1S[C@@H](C)C(=O)Nc1nc(C)c(C)s1. The maximum absolute atomic E-state index is 12.5. The predicted octanol–water partition coefficient (Wildman–Crippen LogP) is 3.67. The van der Waals surface area contributed by atoms with Crippen LogP contribution < -0.4 is 10.6 Å². The van der Waals surface area contributed by atoms with E-state index in [-0.39, 0.29) is 18.2 Å². The summed E-state index contributed by atoms with van der Waals surface area (Å²) in [5.41, 5.74) is 1.65. The Kier molecular flexibility index (Phi) is 7.22. The van der Waals surface area contributed by atoms with Gasteiger partial charge in [0.25, 0.3) is 0 Å². The van der Waals surface area contributed by atoms with E-state index in [1.54, 1.807) is 0 Å². The highest BCUT2D eigenvalue weighted by Crippen LogP contribution is 2.26. The van der Waals surface area contributed by atoms with Crippen molar-refractivity contribution in [2.24, 2.45) is 0 Å². The van der Waals surface area contributed by atoms with Crippen LogP contribution in [0.15, 0.2) is 35.5 Å². The summed E-state index contributed by atoms with van der Waals surface area (Å²) in [7, 11) is 0. The lowest BCUT2D eigenvalue weighted by molar-refractivity contribution is -0.116. The summed E-state index contributed by atoms with van der Waals surface area (Å²) in [4.78, 5) is 30.3. The second-order valence-electron chi connectivity index (χ2n) is 6.64. The number of hydrogen-bond acceptors (Lipinski definition) is 7. The Bertz CT molecular complexity index is 1010. The maximum Gasteiger partial charge on any atom is 0.239 e. The van der Waals surface area contributed by atoms with Crippen LogP contribution in [-0.2, 0) is 22.6 Å². The summed E-state index contributed by atoms with van der Waals surface area (Å²) in [5.74, 6) is 0.245. The molecule has 0 saturated carbocycles. The normalized spacial score (nSPS) is 11.9. The molecule has 1 atom stereocenters. The number of benzene rings is 1. The van der Waals surface area contributed by atoms with Gasteiger partial charge in [0.05, 0.1) is 17.4 Å². The molecule has 3 rings (SSSR count). The number of anilines is 2. The largest absolute Gasteiger partial charge is 0.326 e. The summed E-state index contributed by atoms with van der Waals surface area (Å²) in [6, 6.07) is 9.27. The van der Waals surface area contributed by atoms with Gasteiger partial charge in [-0.1, -0.05) is 30.0 Å².